The van der Waals surface area contributed by atoms with Crippen molar-refractivity contribution in [2.24, 2.45) is 0 Å². The molecule has 0 fully saturated rings. The van der Waals surface area contributed by atoms with Gasteiger partial charge in [0.1, 0.15) is 11.2 Å². The molecule has 0 N–H and O–H groups in total. The summed E-state index contributed by atoms with van der Waals surface area (Å²) in [5.74, 6) is 0. The molecule has 0 saturated heterocycles. The summed E-state index contributed by atoms with van der Waals surface area (Å²) in [6.07, 6.45) is 1.94. The van der Waals surface area contributed by atoms with Crippen molar-refractivity contribution in [1.82, 2.24) is 4.98 Å². The van der Waals surface area contributed by atoms with Gasteiger partial charge in [0, 0.05) is 27.9 Å². The molecule has 26 heavy (non-hydrogen) atoms. The van der Waals surface area contributed by atoms with Crippen molar-refractivity contribution in [1.29, 1.82) is 0 Å². The number of furan rings is 1. The lowest BCUT2D eigenvalue weighted by Crippen LogP contribution is -1.89. The van der Waals surface area contributed by atoms with E-state index in [-0.39, 0.29) is 0 Å². The van der Waals surface area contributed by atoms with Gasteiger partial charge in [-0.15, -0.1) is 0 Å². The zero-order chi connectivity index (χ0) is 17.8. The van der Waals surface area contributed by atoms with Gasteiger partial charge in [-0.1, -0.05) is 36.4 Å². The van der Waals surface area contributed by atoms with Gasteiger partial charge in [0.15, 0.2) is 0 Å². The molecular weight excluding hydrogens is 318 g/mol. The molecule has 0 amide bonds. The van der Waals surface area contributed by atoms with Crippen molar-refractivity contribution in [2.75, 3.05) is 0 Å². The first-order valence-corrected chi connectivity index (χ1v) is 8.90. The van der Waals surface area contributed by atoms with Gasteiger partial charge in [0.25, 0.3) is 0 Å². The van der Waals surface area contributed by atoms with Crippen LogP contribution >= 0.6 is 0 Å². The number of fused-ring (bicyclic) bond motifs is 5. The second-order valence-electron chi connectivity index (χ2n) is 7.05. The number of hydrogen-bond donors (Lipinski definition) is 0. The monoisotopic (exact) mass is 337 g/mol. The molecule has 2 heteroatoms. The molecule has 0 radical (unpaired) electrons. The van der Waals surface area contributed by atoms with Crippen molar-refractivity contribution in [2.45, 2.75) is 20.8 Å². The van der Waals surface area contributed by atoms with E-state index < -0.39 is 0 Å². The Hall–Kier alpha value is -3.13. The first kappa shape index (κ1) is 15.2. The average Bonchev–Trinajstić information content (AvgIpc) is 3.05. The molecule has 5 rings (SSSR count). The smallest absolute Gasteiger partial charge is 0.145 e. The summed E-state index contributed by atoms with van der Waals surface area (Å²) in [5.41, 5.74) is 7.56. The quantitative estimate of drug-likeness (QED) is 0.339. The van der Waals surface area contributed by atoms with Gasteiger partial charge in [-0.25, -0.2) is 0 Å². The number of benzene rings is 3. The van der Waals surface area contributed by atoms with Gasteiger partial charge < -0.3 is 4.42 Å². The van der Waals surface area contributed by atoms with Crippen LogP contribution in [0.3, 0.4) is 0 Å². The summed E-state index contributed by atoms with van der Waals surface area (Å²) >= 11 is 0. The Balaban J connectivity index is 1.93. The van der Waals surface area contributed by atoms with Crippen LogP contribution in [0, 0.1) is 20.8 Å². The largest absolute Gasteiger partial charge is 0.455 e. The molecule has 0 atom stereocenters. The lowest BCUT2D eigenvalue weighted by molar-refractivity contribution is 0.673. The number of hydrogen-bond acceptors (Lipinski definition) is 2. The highest BCUT2D eigenvalue weighted by atomic mass is 16.3. The molecule has 2 aromatic heterocycles. The Kier molecular flexibility index (Phi) is 3.17. The second-order valence-corrected chi connectivity index (χ2v) is 7.05. The number of pyridine rings is 1. The van der Waals surface area contributed by atoms with Crippen LogP contribution in [0.2, 0.25) is 0 Å². The van der Waals surface area contributed by atoms with E-state index in [0.717, 1.165) is 27.8 Å². The van der Waals surface area contributed by atoms with Crippen LogP contribution < -0.4 is 0 Å². The number of aromatic nitrogens is 1. The normalized spacial score (nSPS) is 11.7. The molecular formula is C24H19NO. The highest BCUT2D eigenvalue weighted by Crippen LogP contribution is 2.40. The van der Waals surface area contributed by atoms with E-state index in [4.69, 9.17) is 4.42 Å². The molecule has 126 valence electrons. The van der Waals surface area contributed by atoms with Gasteiger partial charge in [0.2, 0.25) is 0 Å². The number of rotatable bonds is 1. The van der Waals surface area contributed by atoms with Crippen LogP contribution in [-0.4, -0.2) is 4.98 Å². The highest BCUT2D eigenvalue weighted by molar-refractivity contribution is 6.18. The Bertz CT molecular complexity index is 1310. The molecule has 0 aliphatic carbocycles. The molecule has 0 unspecified atom stereocenters. The molecule has 0 saturated carbocycles. The van der Waals surface area contributed by atoms with Crippen LogP contribution in [0.1, 0.15) is 16.7 Å². The Morgan fingerprint density at radius 2 is 1.58 bits per heavy atom. The standard InChI is InChI=1S/C24H19NO/c1-14-8-10-19(21-12-15(2)16(3)13-25-21)24-22(14)20-11-9-17-6-4-5-7-18(17)23(20)26-24/h4-13H,1-3H3. The molecule has 3 aromatic carbocycles. The number of aryl methyl sites for hydroxylation is 3. The third-order valence-electron chi connectivity index (χ3n) is 5.37. The van der Waals surface area contributed by atoms with Crippen molar-refractivity contribution in [3.05, 3.63) is 77.5 Å². The predicted octanol–water partition coefficient (Wildman–Crippen LogP) is 6.73. The fraction of sp³-hybridized carbons (Fsp3) is 0.125. The molecule has 0 bridgehead atoms. The fourth-order valence-electron chi connectivity index (χ4n) is 3.75. The minimum atomic E-state index is 0.923. The lowest BCUT2D eigenvalue weighted by atomic mass is 9.99. The van der Waals surface area contributed by atoms with Gasteiger partial charge in [-0.3, -0.25) is 4.98 Å². The Morgan fingerprint density at radius 3 is 2.42 bits per heavy atom. The van der Waals surface area contributed by atoms with E-state index in [0.29, 0.717) is 0 Å². The summed E-state index contributed by atoms with van der Waals surface area (Å²) in [4.78, 5) is 4.66. The molecule has 0 aliphatic heterocycles. The maximum Gasteiger partial charge on any atom is 0.145 e. The van der Waals surface area contributed by atoms with E-state index in [1.54, 1.807) is 0 Å². The summed E-state index contributed by atoms with van der Waals surface area (Å²) in [7, 11) is 0. The highest BCUT2D eigenvalue weighted by Gasteiger charge is 2.17. The van der Waals surface area contributed by atoms with Crippen LogP contribution in [0.4, 0.5) is 0 Å². The minimum Gasteiger partial charge on any atom is -0.455 e. The Morgan fingerprint density at radius 1 is 0.731 bits per heavy atom. The third-order valence-corrected chi connectivity index (χ3v) is 5.37. The zero-order valence-electron chi connectivity index (χ0n) is 15.1. The average molecular weight is 337 g/mol. The maximum absolute atomic E-state index is 6.46. The minimum absolute atomic E-state index is 0.923. The zero-order valence-corrected chi connectivity index (χ0v) is 15.1. The fourth-order valence-corrected chi connectivity index (χ4v) is 3.75. The lowest BCUT2D eigenvalue weighted by Gasteiger charge is -2.06. The van der Waals surface area contributed by atoms with Gasteiger partial charge in [0.05, 0.1) is 5.69 Å². The van der Waals surface area contributed by atoms with E-state index >= 15 is 0 Å². The van der Waals surface area contributed by atoms with Crippen LogP contribution in [0.25, 0.3) is 44.0 Å². The second kappa shape index (κ2) is 5.43. The van der Waals surface area contributed by atoms with E-state index in [1.807, 2.05) is 6.20 Å². The molecule has 2 heterocycles. The third kappa shape index (κ3) is 2.08. The van der Waals surface area contributed by atoms with Gasteiger partial charge in [-0.05, 0) is 61.0 Å². The van der Waals surface area contributed by atoms with E-state index in [2.05, 4.69) is 80.4 Å². The summed E-state index contributed by atoms with van der Waals surface area (Å²) < 4.78 is 6.46. The van der Waals surface area contributed by atoms with Crippen LogP contribution in [0.15, 0.2) is 65.2 Å². The molecule has 5 aromatic rings. The summed E-state index contributed by atoms with van der Waals surface area (Å²) in [5, 5.41) is 4.70. The van der Waals surface area contributed by atoms with E-state index in [9.17, 15) is 0 Å². The van der Waals surface area contributed by atoms with Crippen molar-refractivity contribution < 1.29 is 4.42 Å². The number of nitrogens with zero attached hydrogens (tertiary/aromatic N) is 1. The van der Waals surface area contributed by atoms with Gasteiger partial charge in [-0.2, -0.15) is 0 Å². The first-order chi connectivity index (χ1) is 12.6. The molecule has 0 aliphatic rings. The van der Waals surface area contributed by atoms with Crippen molar-refractivity contribution in [3.63, 3.8) is 0 Å². The van der Waals surface area contributed by atoms with E-state index in [1.165, 1.54) is 32.8 Å². The predicted molar refractivity (Wildman–Crippen MR) is 109 cm³/mol. The topological polar surface area (TPSA) is 26.0 Å². The summed E-state index contributed by atoms with van der Waals surface area (Å²) in [6, 6.07) is 19.2. The maximum atomic E-state index is 6.46. The van der Waals surface area contributed by atoms with Gasteiger partial charge >= 0.3 is 0 Å². The first-order valence-electron chi connectivity index (χ1n) is 8.90. The van der Waals surface area contributed by atoms with Crippen molar-refractivity contribution in [3.8, 4) is 11.3 Å². The van der Waals surface area contributed by atoms with Crippen molar-refractivity contribution >= 4 is 32.7 Å². The van der Waals surface area contributed by atoms with Crippen LogP contribution in [0.5, 0.6) is 0 Å². The Labute approximate surface area is 152 Å². The van der Waals surface area contributed by atoms with Crippen LogP contribution in [-0.2, 0) is 0 Å². The summed E-state index contributed by atoms with van der Waals surface area (Å²) in [6.45, 7) is 6.35. The molecule has 2 nitrogen and oxygen atoms in total. The SMILES string of the molecule is Cc1cnc(-c2ccc(C)c3c2oc2c4ccccc4ccc23)cc1C. The molecule has 0 spiro atoms.